The number of nitrogens with one attached hydrogen (secondary N) is 1. The molecule has 0 aliphatic carbocycles. The second-order valence-electron chi connectivity index (χ2n) is 7.84. The minimum Gasteiger partial charge on any atom is -0.385 e. The van der Waals surface area contributed by atoms with Crippen LogP contribution in [0.5, 0.6) is 0 Å². The summed E-state index contributed by atoms with van der Waals surface area (Å²) in [6.07, 6.45) is 9.52. The number of pyridine rings is 1. The molecule has 1 N–H and O–H groups in total. The van der Waals surface area contributed by atoms with E-state index in [0.717, 1.165) is 26.1 Å². The molecule has 0 spiro atoms. The van der Waals surface area contributed by atoms with E-state index in [1.165, 1.54) is 51.8 Å². The minimum atomic E-state index is 1.01. The maximum absolute atomic E-state index is 4.15. The van der Waals surface area contributed by atoms with Gasteiger partial charge in [-0.15, -0.1) is 0 Å². The highest BCUT2D eigenvalue weighted by Crippen LogP contribution is 2.33. The molecule has 4 heteroatoms. The first-order valence-corrected chi connectivity index (χ1v) is 10.3. The SMILES string of the molecule is CCCCNc1ccc2c(c1)c1c(n2/C=C(/C)c2ccncc2)CCN(C)C1. The van der Waals surface area contributed by atoms with Crippen molar-refractivity contribution < 1.29 is 0 Å². The van der Waals surface area contributed by atoms with Gasteiger partial charge in [0, 0.05) is 61.4 Å². The van der Waals surface area contributed by atoms with Crippen LogP contribution in [0.2, 0.25) is 0 Å². The zero-order chi connectivity index (χ0) is 19.5. The van der Waals surface area contributed by atoms with Crippen LogP contribution < -0.4 is 5.32 Å². The highest BCUT2D eigenvalue weighted by atomic mass is 15.1. The molecule has 0 amide bonds. The third-order valence-electron chi connectivity index (χ3n) is 5.70. The number of allylic oxidation sites excluding steroid dienone is 1. The summed E-state index contributed by atoms with van der Waals surface area (Å²) in [5.41, 5.74) is 7.93. The fraction of sp³-hybridized carbons (Fsp3) is 0.375. The molecule has 0 radical (unpaired) electrons. The van der Waals surface area contributed by atoms with Gasteiger partial charge in [0.25, 0.3) is 0 Å². The molecule has 0 unspecified atom stereocenters. The Morgan fingerprint density at radius 2 is 2.04 bits per heavy atom. The number of fused-ring (bicyclic) bond motifs is 3. The van der Waals surface area contributed by atoms with Crippen LogP contribution in [0, 0.1) is 0 Å². The lowest BCUT2D eigenvalue weighted by atomic mass is 10.0. The van der Waals surface area contributed by atoms with Gasteiger partial charge >= 0.3 is 0 Å². The normalized spacial score (nSPS) is 15.0. The Bertz CT molecular complexity index is 985. The van der Waals surface area contributed by atoms with E-state index in [1.807, 2.05) is 12.4 Å². The maximum Gasteiger partial charge on any atom is 0.0530 e. The molecular formula is C24H30N4. The van der Waals surface area contributed by atoms with Gasteiger partial charge in [-0.3, -0.25) is 4.98 Å². The van der Waals surface area contributed by atoms with Gasteiger partial charge in [-0.25, -0.2) is 0 Å². The summed E-state index contributed by atoms with van der Waals surface area (Å²) in [5, 5.41) is 4.96. The zero-order valence-electron chi connectivity index (χ0n) is 17.2. The van der Waals surface area contributed by atoms with Crippen molar-refractivity contribution in [2.45, 2.75) is 39.7 Å². The average Bonchev–Trinajstić information content (AvgIpc) is 3.01. The lowest BCUT2D eigenvalue weighted by molar-refractivity contribution is 0.312. The van der Waals surface area contributed by atoms with Crippen LogP contribution in [0.25, 0.3) is 22.7 Å². The minimum absolute atomic E-state index is 1.01. The number of likely N-dealkylation sites (N-methyl/N-ethyl adjacent to an activating group) is 1. The predicted molar refractivity (Wildman–Crippen MR) is 119 cm³/mol. The number of hydrogen-bond donors (Lipinski definition) is 1. The van der Waals surface area contributed by atoms with Crippen molar-refractivity contribution in [1.29, 1.82) is 0 Å². The summed E-state index contributed by atoms with van der Waals surface area (Å²) in [6.45, 7) is 7.57. The second kappa shape index (κ2) is 8.19. The molecule has 2 aromatic heterocycles. The van der Waals surface area contributed by atoms with E-state index in [1.54, 1.807) is 0 Å². The largest absolute Gasteiger partial charge is 0.385 e. The van der Waals surface area contributed by atoms with Gasteiger partial charge < -0.3 is 14.8 Å². The monoisotopic (exact) mass is 374 g/mol. The zero-order valence-corrected chi connectivity index (χ0v) is 17.2. The molecule has 1 aromatic carbocycles. The molecule has 28 heavy (non-hydrogen) atoms. The predicted octanol–water partition coefficient (Wildman–Crippen LogP) is 5.25. The summed E-state index contributed by atoms with van der Waals surface area (Å²) < 4.78 is 2.42. The average molecular weight is 375 g/mol. The number of unbranched alkanes of at least 4 members (excludes halogenated alkanes) is 1. The van der Waals surface area contributed by atoms with Gasteiger partial charge in [0.1, 0.15) is 0 Å². The first kappa shape index (κ1) is 18.8. The van der Waals surface area contributed by atoms with Crippen molar-refractivity contribution in [2.24, 2.45) is 0 Å². The van der Waals surface area contributed by atoms with E-state index in [0.29, 0.717) is 0 Å². The standard InChI is InChI=1S/C24H30N4/c1-4-5-11-26-20-6-7-23-21(15-20)22-17-27(3)14-10-24(22)28(23)16-18(2)19-8-12-25-13-9-19/h6-9,12-13,15-16,26H,4-5,10-11,14,17H2,1-3H3/b18-16-. The van der Waals surface area contributed by atoms with E-state index in [2.05, 4.69) is 77.2 Å². The third kappa shape index (κ3) is 3.69. The highest BCUT2D eigenvalue weighted by Gasteiger charge is 2.22. The Morgan fingerprint density at radius 3 is 2.82 bits per heavy atom. The first-order valence-electron chi connectivity index (χ1n) is 10.3. The third-order valence-corrected chi connectivity index (χ3v) is 5.70. The fourth-order valence-corrected chi connectivity index (χ4v) is 4.08. The molecule has 1 aliphatic heterocycles. The Kier molecular flexibility index (Phi) is 5.49. The van der Waals surface area contributed by atoms with Crippen molar-refractivity contribution >= 4 is 28.4 Å². The van der Waals surface area contributed by atoms with E-state index < -0.39 is 0 Å². The quantitative estimate of drug-likeness (QED) is 0.598. The molecule has 0 fully saturated rings. The Hall–Kier alpha value is -2.59. The molecule has 0 saturated carbocycles. The van der Waals surface area contributed by atoms with Crippen LogP contribution >= 0.6 is 0 Å². The lowest BCUT2D eigenvalue weighted by Crippen LogP contribution is -2.26. The van der Waals surface area contributed by atoms with E-state index >= 15 is 0 Å². The van der Waals surface area contributed by atoms with Crippen LogP contribution in [0.1, 0.15) is 43.5 Å². The van der Waals surface area contributed by atoms with Crippen molar-refractivity contribution in [1.82, 2.24) is 14.5 Å². The summed E-state index contributed by atoms with van der Waals surface area (Å²) >= 11 is 0. The number of anilines is 1. The molecule has 146 valence electrons. The maximum atomic E-state index is 4.15. The van der Waals surface area contributed by atoms with Gasteiger partial charge in [-0.05, 0) is 67.4 Å². The fourth-order valence-electron chi connectivity index (χ4n) is 4.08. The van der Waals surface area contributed by atoms with E-state index in [9.17, 15) is 0 Å². The summed E-state index contributed by atoms with van der Waals surface area (Å²) in [6, 6.07) is 11.0. The Morgan fingerprint density at radius 1 is 1.21 bits per heavy atom. The molecule has 0 bridgehead atoms. The second-order valence-corrected chi connectivity index (χ2v) is 7.84. The molecule has 4 nitrogen and oxygen atoms in total. The first-order chi connectivity index (χ1) is 13.7. The van der Waals surface area contributed by atoms with Gasteiger partial charge in [0.15, 0.2) is 0 Å². The van der Waals surface area contributed by atoms with Crippen molar-refractivity contribution in [3.63, 3.8) is 0 Å². The number of aromatic nitrogens is 2. The van der Waals surface area contributed by atoms with E-state index in [-0.39, 0.29) is 0 Å². The molecule has 4 rings (SSSR count). The molecular weight excluding hydrogens is 344 g/mol. The van der Waals surface area contributed by atoms with Gasteiger partial charge in [0.05, 0.1) is 5.52 Å². The van der Waals surface area contributed by atoms with Gasteiger partial charge in [-0.2, -0.15) is 0 Å². The topological polar surface area (TPSA) is 33.1 Å². The molecule has 3 aromatic rings. The van der Waals surface area contributed by atoms with Gasteiger partial charge in [-0.1, -0.05) is 13.3 Å². The Labute approximate surface area is 167 Å². The van der Waals surface area contributed by atoms with Crippen molar-refractivity contribution in [3.05, 3.63) is 59.5 Å². The lowest BCUT2D eigenvalue weighted by Gasteiger charge is -2.23. The number of nitrogens with zero attached hydrogens (tertiary/aromatic N) is 3. The van der Waals surface area contributed by atoms with Crippen LogP contribution in [-0.2, 0) is 13.0 Å². The van der Waals surface area contributed by atoms with Crippen LogP contribution in [-0.4, -0.2) is 34.6 Å². The van der Waals surface area contributed by atoms with Crippen LogP contribution in [0.3, 0.4) is 0 Å². The molecule has 1 aliphatic rings. The molecule has 3 heterocycles. The molecule has 0 atom stereocenters. The highest BCUT2D eigenvalue weighted by molar-refractivity contribution is 5.92. The van der Waals surface area contributed by atoms with Gasteiger partial charge in [0.2, 0.25) is 0 Å². The number of hydrogen-bond acceptors (Lipinski definition) is 3. The van der Waals surface area contributed by atoms with Crippen molar-refractivity contribution in [2.75, 3.05) is 25.5 Å². The van der Waals surface area contributed by atoms with Crippen LogP contribution in [0.15, 0.2) is 42.7 Å². The summed E-state index contributed by atoms with van der Waals surface area (Å²) in [5.74, 6) is 0. The van der Waals surface area contributed by atoms with Crippen molar-refractivity contribution in [3.8, 4) is 0 Å². The number of benzene rings is 1. The summed E-state index contributed by atoms with van der Waals surface area (Å²) in [7, 11) is 2.22. The number of rotatable bonds is 6. The van der Waals surface area contributed by atoms with E-state index in [4.69, 9.17) is 0 Å². The van der Waals surface area contributed by atoms with Crippen LogP contribution in [0.4, 0.5) is 5.69 Å². The Balaban J connectivity index is 1.80. The summed E-state index contributed by atoms with van der Waals surface area (Å²) in [4.78, 5) is 6.57. The smallest absolute Gasteiger partial charge is 0.0530 e. The molecule has 0 saturated heterocycles.